The second-order valence-electron chi connectivity index (χ2n) is 12.2. The van der Waals surface area contributed by atoms with Gasteiger partial charge in [0, 0.05) is 19.2 Å². The number of nitrogens with zero attached hydrogens (tertiary/aromatic N) is 2. The van der Waals surface area contributed by atoms with Gasteiger partial charge in [-0.05, 0) is 84.7 Å². The lowest BCUT2D eigenvalue weighted by atomic mass is 9.72. The fourth-order valence-electron chi connectivity index (χ4n) is 5.82. The molecule has 1 fully saturated rings. The molecule has 2 aliphatic rings. The Morgan fingerprint density at radius 1 is 0.979 bits per heavy atom. The number of benzene rings is 2. The highest BCUT2D eigenvalue weighted by Gasteiger charge is 2.49. The van der Waals surface area contributed by atoms with Gasteiger partial charge in [0.2, 0.25) is 0 Å². The molecule has 1 saturated heterocycles. The third-order valence-corrected chi connectivity index (χ3v) is 9.90. The number of carbonyl (C=O) groups excluding carboxylic acids is 1. The van der Waals surface area contributed by atoms with E-state index in [0.717, 1.165) is 18.0 Å². The monoisotopic (exact) mass is 702 g/mol. The highest BCUT2D eigenvalue weighted by molar-refractivity contribution is 7.93. The summed E-state index contributed by atoms with van der Waals surface area (Å²) >= 11 is 0. The van der Waals surface area contributed by atoms with Crippen LogP contribution in [0.5, 0.6) is 5.75 Å². The van der Waals surface area contributed by atoms with Crippen molar-refractivity contribution in [2.24, 2.45) is 5.41 Å². The molecule has 0 N–H and O–H groups in total. The van der Waals surface area contributed by atoms with Crippen LogP contribution in [0.4, 0.5) is 50.0 Å². The topological polar surface area (TPSA) is 76.2 Å². The molecule has 0 aromatic heterocycles. The third-order valence-electron chi connectivity index (χ3n) is 8.39. The van der Waals surface area contributed by atoms with Crippen molar-refractivity contribution >= 4 is 27.4 Å². The number of anilines is 1. The predicted molar refractivity (Wildman–Crippen MR) is 153 cm³/mol. The summed E-state index contributed by atoms with van der Waals surface area (Å²) in [6, 6.07) is 3.59. The number of ether oxygens (including phenoxy) is 2. The first-order valence-corrected chi connectivity index (χ1v) is 15.5. The number of sulfonamides is 1. The summed E-state index contributed by atoms with van der Waals surface area (Å²) in [5.74, 6) is 0.192. The second kappa shape index (κ2) is 12.1. The molecule has 1 amide bonds. The summed E-state index contributed by atoms with van der Waals surface area (Å²) in [4.78, 5) is 14.3. The van der Waals surface area contributed by atoms with Crippen molar-refractivity contribution in [1.82, 2.24) is 4.90 Å². The van der Waals surface area contributed by atoms with E-state index in [4.69, 9.17) is 9.47 Å². The quantitative estimate of drug-likeness (QED) is 0.271. The Morgan fingerprint density at radius 2 is 1.55 bits per heavy atom. The van der Waals surface area contributed by atoms with Crippen LogP contribution < -0.4 is 9.04 Å². The van der Waals surface area contributed by atoms with E-state index in [1.165, 1.54) is 26.2 Å². The van der Waals surface area contributed by atoms with Crippen LogP contribution in [-0.2, 0) is 27.1 Å². The molecule has 47 heavy (non-hydrogen) atoms. The van der Waals surface area contributed by atoms with Crippen LogP contribution in [-0.4, -0.2) is 51.7 Å². The Bertz CT molecular complexity index is 1650. The van der Waals surface area contributed by atoms with E-state index >= 15 is 0 Å². The highest BCUT2D eigenvalue weighted by Crippen LogP contribution is 2.47. The first-order chi connectivity index (χ1) is 21.4. The largest absolute Gasteiger partial charge is 0.516 e. The molecule has 260 valence electrons. The molecule has 2 aromatic carbocycles. The minimum Gasteiger partial charge on any atom is -0.496 e. The van der Waals surface area contributed by atoms with Crippen molar-refractivity contribution in [1.29, 1.82) is 0 Å². The van der Waals surface area contributed by atoms with E-state index in [1.54, 1.807) is 0 Å². The standard InChI is InChI=1S/C30H31F9N2O5S/c1-16-25(17-10-19(28(31,32)33)12-20(11-17)29(34,35)36)46-26(42)41(16)15-18-14-27(2,3)9-8-22(18)23-13-21(6-7-24(23)45-5)40(4)47(43,44)30(37,38)39/h6-7,10-13,16,25H,8-9,14-15H2,1-5H3/t16-,25-/m0/s1. The zero-order chi connectivity index (χ0) is 35.5. The van der Waals surface area contributed by atoms with E-state index in [9.17, 15) is 52.7 Å². The van der Waals surface area contributed by atoms with Crippen LogP contribution in [0.25, 0.3) is 5.57 Å². The highest BCUT2D eigenvalue weighted by atomic mass is 32.2. The lowest BCUT2D eigenvalue weighted by molar-refractivity contribution is -0.143. The van der Waals surface area contributed by atoms with E-state index in [2.05, 4.69) is 0 Å². The molecule has 2 atom stereocenters. The first kappa shape index (κ1) is 36.2. The number of amides is 1. The van der Waals surface area contributed by atoms with Gasteiger partial charge in [0.25, 0.3) is 0 Å². The zero-order valence-corrected chi connectivity index (χ0v) is 26.5. The van der Waals surface area contributed by atoms with Gasteiger partial charge < -0.3 is 9.47 Å². The van der Waals surface area contributed by atoms with E-state index in [0.29, 0.717) is 42.5 Å². The van der Waals surface area contributed by atoms with Crippen LogP contribution >= 0.6 is 0 Å². The van der Waals surface area contributed by atoms with Crippen LogP contribution in [0.15, 0.2) is 42.0 Å². The van der Waals surface area contributed by atoms with Crippen molar-refractivity contribution in [2.45, 2.75) is 70.0 Å². The maximum absolute atomic E-state index is 13.5. The maximum atomic E-state index is 13.5. The summed E-state index contributed by atoms with van der Waals surface area (Å²) in [5, 5.41) is 0. The molecule has 17 heteroatoms. The number of rotatable bonds is 7. The zero-order valence-electron chi connectivity index (χ0n) is 25.7. The minimum absolute atomic E-state index is 0.0250. The molecular formula is C30H31F9N2O5S. The molecule has 1 aliphatic heterocycles. The van der Waals surface area contributed by atoms with Crippen LogP contribution in [0.3, 0.4) is 0 Å². The van der Waals surface area contributed by atoms with Crippen molar-refractivity contribution in [3.8, 4) is 5.75 Å². The van der Waals surface area contributed by atoms with Crippen LogP contribution in [0, 0.1) is 5.41 Å². The summed E-state index contributed by atoms with van der Waals surface area (Å²) in [5.41, 5.74) is -8.53. The number of hydrogen-bond donors (Lipinski definition) is 0. The summed E-state index contributed by atoms with van der Waals surface area (Å²) < 4.78 is 156. The fraction of sp³-hybridized carbons (Fsp3) is 0.500. The smallest absolute Gasteiger partial charge is 0.496 e. The van der Waals surface area contributed by atoms with Gasteiger partial charge in [-0.15, -0.1) is 0 Å². The third kappa shape index (κ3) is 7.28. The van der Waals surface area contributed by atoms with Gasteiger partial charge >= 0.3 is 34.0 Å². The molecule has 7 nitrogen and oxygen atoms in total. The Hall–Kier alpha value is -3.63. The molecule has 0 saturated carbocycles. The van der Waals surface area contributed by atoms with Gasteiger partial charge in [-0.3, -0.25) is 9.21 Å². The summed E-state index contributed by atoms with van der Waals surface area (Å²) in [6.07, 6.45) is -11.5. The predicted octanol–water partition coefficient (Wildman–Crippen LogP) is 8.56. The Morgan fingerprint density at radius 3 is 2.06 bits per heavy atom. The van der Waals surface area contributed by atoms with Crippen LogP contribution in [0.1, 0.15) is 68.4 Å². The summed E-state index contributed by atoms with van der Waals surface area (Å²) in [6.45, 7) is 5.08. The van der Waals surface area contributed by atoms with Gasteiger partial charge in [0.1, 0.15) is 11.9 Å². The van der Waals surface area contributed by atoms with Crippen LogP contribution in [0.2, 0.25) is 0 Å². The number of cyclic esters (lactones) is 1. The van der Waals surface area contributed by atoms with E-state index in [1.807, 2.05) is 13.8 Å². The first-order valence-electron chi connectivity index (χ1n) is 14.1. The van der Waals surface area contributed by atoms with Crippen molar-refractivity contribution < 1.29 is 62.2 Å². The SMILES string of the molecule is COc1ccc(N(C)S(=O)(=O)C(F)(F)F)cc1C1=C(CN2C(=O)O[C@H](c3cc(C(F)(F)F)cc(C(F)(F)F)c3)[C@@H]2C)CC(C)(C)CC1. The number of alkyl halides is 9. The number of carbonyl (C=O) groups is 1. The average molecular weight is 703 g/mol. The van der Waals surface area contributed by atoms with Gasteiger partial charge in [-0.1, -0.05) is 13.8 Å². The Balaban J connectivity index is 1.78. The Kier molecular flexibility index (Phi) is 9.33. The lowest BCUT2D eigenvalue weighted by Crippen LogP contribution is -2.38. The fourth-order valence-corrected chi connectivity index (χ4v) is 6.52. The second-order valence-corrected chi connectivity index (χ2v) is 14.2. The van der Waals surface area contributed by atoms with Crippen molar-refractivity contribution in [2.75, 3.05) is 25.0 Å². The van der Waals surface area contributed by atoms with E-state index < -0.39 is 62.8 Å². The maximum Gasteiger partial charge on any atom is 0.516 e. The number of allylic oxidation sites excluding steroid dienone is 1. The normalized spacial score (nSPS) is 20.8. The molecule has 0 spiro atoms. The lowest BCUT2D eigenvalue weighted by Gasteiger charge is -2.36. The molecule has 2 aromatic rings. The molecule has 0 bridgehead atoms. The van der Waals surface area contributed by atoms with Crippen molar-refractivity contribution in [3.05, 3.63) is 64.2 Å². The summed E-state index contributed by atoms with van der Waals surface area (Å²) in [7, 11) is -3.71. The molecule has 4 rings (SSSR count). The van der Waals surface area contributed by atoms with Gasteiger partial charge in [-0.25, -0.2) is 4.79 Å². The number of halogens is 9. The molecular weight excluding hydrogens is 671 g/mol. The molecule has 0 radical (unpaired) electrons. The van der Waals surface area contributed by atoms with Gasteiger partial charge in [0.15, 0.2) is 0 Å². The number of methoxy groups -OCH3 is 1. The average Bonchev–Trinajstić information content (AvgIpc) is 3.22. The molecule has 0 unspecified atom stereocenters. The van der Waals surface area contributed by atoms with Crippen molar-refractivity contribution in [3.63, 3.8) is 0 Å². The molecule has 1 heterocycles. The molecule has 1 aliphatic carbocycles. The minimum atomic E-state index is -5.75. The Labute approximate surface area is 265 Å². The van der Waals surface area contributed by atoms with Gasteiger partial charge in [0.05, 0.1) is 30.0 Å². The number of hydrogen-bond acceptors (Lipinski definition) is 5. The van der Waals surface area contributed by atoms with E-state index in [-0.39, 0.29) is 39.3 Å². The van der Waals surface area contributed by atoms with Gasteiger partial charge in [-0.2, -0.15) is 47.9 Å².